The lowest BCUT2D eigenvalue weighted by Gasteiger charge is -2.14. The van der Waals surface area contributed by atoms with Crippen LogP contribution in [0, 0.1) is 6.92 Å². The number of aryl methyl sites for hydroxylation is 1. The lowest BCUT2D eigenvalue weighted by atomic mass is 10.0. The minimum Gasteiger partial charge on any atom is -0.492 e. The van der Waals surface area contributed by atoms with Gasteiger partial charge in [-0.2, -0.15) is 12.6 Å². The Morgan fingerprint density at radius 3 is 2.64 bits per heavy atom. The molecule has 0 aliphatic carbocycles. The summed E-state index contributed by atoms with van der Waals surface area (Å²) >= 11 is 4.14. The number of thiol groups is 1. The first kappa shape index (κ1) is 11.4. The second-order valence-electron chi connectivity index (χ2n) is 3.77. The predicted molar refractivity (Wildman–Crippen MR) is 64.6 cm³/mol. The maximum absolute atomic E-state index is 5.65. The Balaban J connectivity index is 2.91. The van der Waals surface area contributed by atoms with E-state index in [0.29, 0.717) is 12.5 Å². The van der Waals surface area contributed by atoms with Crippen LogP contribution in [-0.4, -0.2) is 12.4 Å². The molecule has 0 heterocycles. The smallest absolute Gasteiger partial charge is 0.123 e. The van der Waals surface area contributed by atoms with E-state index in [9.17, 15) is 0 Å². The summed E-state index contributed by atoms with van der Waals surface area (Å²) < 4.78 is 5.65. The first-order valence-corrected chi connectivity index (χ1v) is 5.62. The normalized spacial score (nSPS) is 10.6. The highest BCUT2D eigenvalue weighted by molar-refractivity contribution is 7.80. The Kier molecular flexibility index (Phi) is 4.33. The highest BCUT2D eigenvalue weighted by Gasteiger charge is 2.07. The summed E-state index contributed by atoms with van der Waals surface area (Å²) in [5.74, 6) is 2.27. The largest absolute Gasteiger partial charge is 0.492 e. The molecule has 0 radical (unpaired) electrons. The van der Waals surface area contributed by atoms with Crippen LogP contribution in [0.3, 0.4) is 0 Å². The molecule has 0 unspecified atom stereocenters. The van der Waals surface area contributed by atoms with Crippen molar-refractivity contribution in [3.8, 4) is 5.75 Å². The van der Waals surface area contributed by atoms with Crippen molar-refractivity contribution in [2.24, 2.45) is 0 Å². The van der Waals surface area contributed by atoms with Gasteiger partial charge in [0, 0.05) is 5.75 Å². The molecule has 1 aromatic carbocycles. The van der Waals surface area contributed by atoms with Crippen molar-refractivity contribution in [2.75, 3.05) is 12.4 Å². The number of rotatable bonds is 4. The zero-order valence-corrected chi connectivity index (χ0v) is 9.97. The maximum Gasteiger partial charge on any atom is 0.123 e. The third-order valence-electron chi connectivity index (χ3n) is 2.14. The number of hydrogen-bond donors (Lipinski definition) is 1. The van der Waals surface area contributed by atoms with Gasteiger partial charge in [0.2, 0.25) is 0 Å². The molecule has 0 aliphatic heterocycles. The summed E-state index contributed by atoms with van der Waals surface area (Å²) in [5.41, 5.74) is 2.51. The molecule has 14 heavy (non-hydrogen) atoms. The van der Waals surface area contributed by atoms with Gasteiger partial charge in [-0.05, 0) is 30.0 Å². The Morgan fingerprint density at radius 2 is 2.07 bits per heavy atom. The van der Waals surface area contributed by atoms with E-state index >= 15 is 0 Å². The quantitative estimate of drug-likeness (QED) is 0.749. The topological polar surface area (TPSA) is 9.23 Å². The molecule has 0 N–H and O–H groups in total. The first-order chi connectivity index (χ1) is 6.65. The Bertz CT molecular complexity index is 294. The fraction of sp³-hybridized carbons (Fsp3) is 0.500. The van der Waals surface area contributed by atoms with Gasteiger partial charge >= 0.3 is 0 Å². The Morgan fingerprint density at radius 1 is 1.36 bits per heavy atom. The highest BCUT2D eigenvalue weighted by Crippen LogP contribution is 2.27. The van der Waals surface area contributed by atoms with Crippen LogP contribution < -0.4 is 4.74 Å². The second kappa shape index (κ2) is 5.30. The van der Waals surface area contributed by atoms with E-state index in [1.54, 1.807) is 0 Å². The molecule has 1 rings (SSSR count). The fourth-order valence-corrected chi connectivity index (χ4v) is 1.49. The Hall–Kier alpha value is -0.630. The zero-order valence-electron chi connectivity index (χ0n) is 9.08. The van der Waals surface area contributed by atoms with Crippen molar-refractivity contribution >= 4 is 12.6 Å². The van der Waals surface area contributed by atoms with Gasteiger partial charge in [0.25, 0.3) is 0 Å². The minimum atomic E-state index is 0.505. The molecule has 0 saturated heterocycles. The molecule has 0 amide bonds. The zero-order chi connectivity index (χ0) is 10.6. The lowest BCUT2D eigenvalue weighted by molar-refractivity contribution is 0.339. The molecule has 0 aliphatic rings. The highest BCUT2D eigenvalue weighted by atomic mass is 32.1. The van der Waals surface area contributed by atoms with Crippen LogP contribution in [0.25, 0.3) is 0 Å². The van der Waals surface area contributed by atoms with Crippen LogP contribution in [0.4, 0.5) is 0 Å². The summed E-state index contributed by atoms with van der Waals surface area (Å²) in [4.78, 5) is 0. The van der Waals surface area contributed by atoms with Crippen LogP contribution in [-0.2, 0) is 0 Å². The van der Waals surface area contributed by atoms with Gasteiger partial charge in [-0.3, -0.25) is 0 Å². The van der Waals surface area contributed by atoms with Gasteiger partial charge in [0.15, 0.2) is 0 Å². The number of ether oxygens (including phenoxy) is 1. The minimum absolute atomic E-state index is 0.505. The molecule has 2 heteroatoms. The molecular formula is C12H18OS. The molecule has 0 atom stereocenters. The predicted octanol–water partition coefficient (Wildman–Crippen LogP) is 3.43. The van der Waals surface area contributed by atoms with Crippen molar-refractivity contribution in [3.63, 3.8) is 0 Å². The van der Waals surface area contributed by atoms with Crippen molar-refractivity contribution in [1.82, 2.24) is 0 Å². The van der Waals surface area contributed by atoms with Gasteiger partial charge < -0.3 is 4.74 Å². The van der Waals surface area contributed by atoms with E-state index in [1.807, 2.05) is 0 Å². The van der Waals surface area contributed by atoms with Crippen molar-refractivity contribution in [2.45, 2.75) is 26.7 Å². The van der Waals surface area contributed by atoms with Gasteiger partial charge in [-0.25, -0.2) is 0 Å². The van der Waals surface area contributed by atoms with Gasteiger partial charge in [0.1, 0.15) is 5.75 Å². The Labute approximate surface area is 91.9 Å². The van der Waals surface area contributed by atoms with Crippen molar-refractivity contribution in [3.05, 3.63) is 29.3 Å². The van der Waals surface area contributed by atoms with Crippen molar-refractivity contribution in [1.29, 1.82) is 0 Å². The summed E-state index contributed by atoms with van der Waals surface area (Å²) in [7, 11) is 0. The van der Waals surface area contributed by atoms with Crippen LogP contribution in [0.15, 0.2) is 18.2 Å². The molecule has 0 bridgehead atoms. The van der Waals surface area contributed by atoms with E-state index in [0.717, 1.165) is 11.5 Å². The lowest BCUT2D eigenvalue weighted by Crippen LogP contribution is -2.02. The third kappa shape index (κ3) is 2.95. The molecule has 78 valence electrons. The second-order valence-corrected chi connectivity index (χ2v) is 4.22. The molecular weight excluding hydrogens is 192 g/mol. The van der Waals surface area contributed by atoms with Crippen LogP contribution in [0.2, 0.25) is 0 Å². The van der Waals surface area contributed by atoms with Crippen LogP contribution in [0.5, 0.6) is 5.75 Å². The molecule has 1 nitrogen and oxygen atoms in total. The summed E-state index contributed by atoms with van der Waals surface area (Å²) in [5, 5.41) is 0. The number of benzene rings is 1. The third-order valence-corrected chi connectivity index (χ3v) is 2.32. The number of hydrogen-bond acceptors (Lipinski definition) is 2. The maximum atomic E-state index is 5.65. The SMILES string of the molecule is Cc1ccc(C(C)C)c(OCCS)c1. The monoisotopic (exact) mass is 210 g/mol. The van der Waals surface area contributed by atoms with Crippen molar-refractivity contribution < 1.29 is 4.74 Å². The van der Waals surface area contributed by atoms with E-state index < -0.39 is 0 Å². The first-order valence-electron chi connectivity index (χ1n) is 4.99. The van der Waals surface area contributed by atoms with Crippen LogP contribution in [0.1, 0.15) is 30.9 Å². The summed E-state index contributed by atoms with van der Waals surface area (Å²) in [6.45, 7) is 7.11. The van der Waals surface area contributed by atoms with E-state index in [2.05, 4.69) is 51.6 Å². The summed E-state index contributed by atoms with van der Waals surface area (Å²) in [6, 6.07) is 6.37. The molecule has 0 fully saturated rings. The summed E-state index contributed by atoms with van der Waals surface area (Å²) in [6.07, 6.45) is 0. The average Bonchev–Trinajstić information content (AvgIpc) is 2.14. The van der Waals surface area contributed by atoms with Crippen LogP contribution >= 0.6 is 12.6 Å². The molecule has 0 aromatic heterocycles. The van der Waals surface area contributed by atoms with Gasteiger partial charge in [0.05, 0.1) is 6.61 Å². The van der Waals surface area contributed by atoms with E-state index in [-0.39, 0.29) is 0 Å². The standard InChI is InChI=1S/C12H18OS/c1-9(2)11-5-4-10(3)8-12(11)13-6-7-14/h4-5,8-9,14H,6-7H2,1-3H3. The molecule has 0 spiro atoms. The average molecular weight is 210 g/mol. The van der Waals surface area contributed by atoms with Gasteiger partial charge in [-0.1, -0.05) is 26.0 Å². The molecule has 1 aromatic rings. The van der Waals surface area contributed by atoms with Gasteiger partial charge in [-0.15, -0.1) is 0 Å². The van der Waals surface area contributed by atoms with E-state index in [1.165, 1.54) is 11.1 Å². The molecule has 0 saturated carbocycles. The van der Waals surface area contributed by atoms with E-state index in [4.69, 9.17) is 4.74 Å². The fourth-order valence-electron chi connectivity index (χ4n) is 1.40.